The zero-order chi connectivity index (χ0) is 11.7. The van der Waals surface area contributed by atoms with Gasteiger partial charge in [-0.1, -0.05) is 26.2 Å². The first-order valence-corrected chi connectivity index (χ1v) is 7.81. The van der Waals surface area contributed by atoms with Crippen LogP contribution >= 0.6 is 0 Å². The zero-order valence-corrected chi connectivity index (χ0v) is 11.3. The van der Waals surface area contributed by atoms with Gasteiger partial charge in [0.1, 0.15) is 0 Å². The number of hydrogen-bond acceptors (Lipinski definition) is 2. The number of nitrogens with zero attached hydrogens (tertiary/aromatic N) is 1. The topological polar surface area (TPSA) is 15.3 Å². The summed E-state index contributed by atoms with van der Waals surface area (Å²) in [5.74, 6) is 4.12. The Labute approximate surface area is 106 Å². The van der Waals surface area contributed by atoms with E-state index in [1.54, 1.807) is 0 Å². The molecule has 17 heavy (non-hydrogen) atoms. The summed E-state index contributed by atoms with van der Waals surface area (Å²) in [6, 6.07) is 0. The van der Waals surface area contributed by atoms with Crippen LogP contribution in [0.4, 0.5) is 0 Å². The zero-order valence-electron chi connectivity index (χ0n) is 11.3. The maximum absolute atomic E-state index is 3.76. The van der Waals surface area contributed by atoms with Crippen molar-refractivity contribution in [1.82, 2.24) is 10.2 Å². The second-order valence-electron chi connectivity index (χ2n) is 6.51. The fraction of sp³-hybridized carbons (Fsp3) is 1.00. The van der Waals surface area contributed by atoms with Gasteiger partial charge < -0.3 is 10.2 Å². The molecule has 0 aromatic rings. The Kier molecular flexibility index (Phi) is 3.72. The van der Waals surface area contributed by atoms with Gasteiger partial charge in [-0.2, -0.15) is 0 Å². The molecule has 2 aliphatic carbocycles. The van der Waals surface area contributed by atoms with E-state index in [9.17, 15) is 0 Å². The van der Waals surface area contributed by atoms with Gasteiger partial charge >= 0.3 is 0 Å². The quantitative estimate of drug-likeness (QED) is 0.788. The molecule has 1 N–H and O–H groups in total. The highest BCUT2D eigenvalue weighted by Gasteiger charge is 2.54. The monoisotopic (exact) mass is 236 g/mol. The summed E-state index contributed by atoms with van der Waals surface area (Å²) in [5, 5.41) is 3.76. The largest absolute Gasteiger partial charge is 0.316 e. The average Bonchev–Trinajstić information content (AvgIpc) is 2.85. The van der Waals surface area contributed by atoms with Crippen molar-refractivity contribution in [1.29, 1.82) is 0 Å². The Morgan fingerprint density at radius 1 is 1.00 bits per heavy atom. The van der Waals surface area contributed by atoms with E-state index < -0.39 is 0 Å². The molecule has 2 unspecified atom stereocenters. The lowest BCUT2D eigenvalue weighted by atomic mass is 9.89. The molecule has 2 heteroatoms. The van der Waals surface area contributed by atoms with Crippen molar-refractivity contribution >= 4 is 0 Å². The van der Waals surface area contributed by atoms with E-state index in [0.717, 1.165) is 23.7 Å². The minimum Gasteiger partial charge on any atom is -0.316 e. The molecule has 2 atom stereocenters. The third kappa shape index (κ3) is 2.68. The van der Waals surface area contributed by atoms with Crippen LogP contribution in [0.25, 0.3) is 0 Å². The average molecular weight is 236 g/mol. The van der Waals surface area contributed by atoms with E-state index in [1.807, 2.05) is 0 Å². The lowest BCUT2D eigenvalue weighted by Gasteiger charge is -2.22. The van der Waals surface area contributed by atoms with E-state index in [2.05, 4.69) is 17.1 Å². The Bertz CT molecular complexity index is 235. The van der Waals surface area contributed by atoms with Crippen LogP contribution in [0.3, 0.4) is 0 Å². The minimum atomic E-state index is 0.995. The van der Waals surface area contributed by atoms with Crippen molar-refractivity contribution in [3.8, 4) is 0 Å². The van der Waals surface area contributed by atoms with Gasteiger partial charge in [-0.25, -0.2) is 0 Å². The molecule has 0 aromatic heterocycles. The third-order valence-corrected chi connectivity index (χ3v) is 5.43. The molecule has 1 saturated heterocycles. The van der Waals surface area contributed by atoms with E-state index in [-0.39, 0.29) is 0 Å². The molecule has 0 spiro atoms. The predicted octanol–water partition coefficient (Wildman–Crippen LogP) is 2.35. The summed E-state index contributed by atoms with van der Waals surface area (Å²) >= 11 is 0. The molecule has 2 saturated carbocycles. The molecule has 0 amide bonds. The van der Waals surface area contributed by atoms with Gasteiger partial charge in [0, 0.05) is 13.1 Å². The summed E-state index contributed by atoms with van der Waals surface area (Å²) in [6.07, 6.45) is 7.40. The lowest BCUT2D eigenvalue weighted by Crippen LogP contribution is -2.30. The fourth-order valence-electron chi connectivity index (χ4n) is 4.14. The molecule has 0 aromatic carbocycles. The molecular weight excluding hydrogens is 208 g/mol. The molecule has 3 aliphatic rings. The summed E-state index contributed by atoms with van der Waals surface area (Å²) in [6.45, 7) is 8.93. The maximum Gasteiger partial charge on any atom is 0.00161 e. The molecule has 2 nitrogen and oxygen atoms in total. The predicted molar refractivity (Wildman–Crippen MR) is 72.0 cm³/mol. The normalized spacial score (nSPS) is 38.3. The number of fused-ring (bicyclic) bond motifs is 1. The molecule has 1 heterocycles. The molecule has 0 bridgehead atoms. The van der Waals surface area contributed by atoms with Crippen LogP contribution in [0.15, 0.2) is 0 Å². The number of nitrogens with one attached hydrogen (secondary N) is 1. The van der Waals surface area contributed by atoms with Crippen LogP contribution in [0, 0.1) is 23.7 Å². The number of rotatable bonds is 5. The first kappa shape index (κ1) is 12.0. The highest BCUT2D eigenvalue weighted by Crippen LogP contribution is 2.51. The molecule has 3 rings (SSSR count). The van der Waals surface area contributed by atoms with E-state index in [0.29, 0.717) is 0 Å². The van der Waals surface area contributed by atoms with Crippen LogP contribution in [0.5, 0.6) is 0 Å². The van der Waals surface area contributed by atoms with Gasteiger partial charge in [0.25, 0.3) is 0 Å². The Hall–Kier alpha value is -0.0800. The standard InChI is InChI=1S/C15H28N2/c1-2-17-10-14-13(15(14)11-17)9-16-8-12-6-4-3-5-7-12/h12-16H,2-11H2,1H3. The number of hydrogen-bond donors (Lipinski definition) is 1. The number of piperidine rings is 1. The summed E-state index contributed by atoms with van der Waals surface area (Å²) in [7, 11) is 0. The molecule has 0 radical (unpaired) electrons. The summed E-state index contributed by atoms with van der Waals surface area (Å²) in [4.78, 5) is 2.62. The van der Waals surface area contributed by atoms with Gasteiger partial charge in [-0.3, -0.25) is 0 Å². The van der Waals surface area contributed by atoms with Gasteiger partial charge in [-0.05, 0) is 56.1 Å². The summed E-state index contributed by atoms with van der Waals surface area (Å²) in [5.41, 5.74) is 0. The van der Waals surface area contributed by atoms with Crippen molar-refractivity contribution in [2.75, 3.05) is 32.7 Å². The molecule has 3 fully saturated rings. The highest BCUT2D eigenvalue weighted by molar-refractivity contribution is 5.05. The SMILES string of the molecule is CCN1CC2C(CNCC3CCCCC3)C2C1. The van der Waals surface area contributed by atoms with Gasteiger partial charge in [0.05, 0.1) is 0 Å². The molecule has 98 valence electrons. The Morgan fingerprint density at radius 3 is 2.35 bits per heavy atom. The summed E-state index contributed by atoms with van der Waals surface area (Å²) < 4.78 is 0. The minimum absolute atomic E-state index is 0.995. The van der Waals surface area contributed by atoms with Crippen molar-refractivity contribution in [3.63, 3.8) is 0 Å². The number of likely N-dealkylation sites (tertiary alicyclic amines) is 1. The van der Waals surface area contributed by atoms with Crippen LogP contribution in [-0.4, -0.2) is 37.6 Å². The van der Waals surface area contributed by atoms with Gasteiger partial charge in [0.15, 0.2) is 0 Å². The van der Waals surface area contributed by atoms with Crippen LogP contribution in [0.2, 0.25) is 0 Å². The lowest BCUT2D eigenvalue weighted by molar-refractivity contribution is 0.291. The second-order valence-corrected chi connectivity index (χ2v) is 6.51. The van der Waals surface area contributed by atoms with E-state index in [1.165, 1.54) is 64.8 Å². The fourth-order valence-corrected chi connectivity index (χ4v) is 4.14. The van der Waals surface area contributed by atoms with Crippen LogP contribution in [-0.2, 0) is 0 Å². The third-order valence-electron chi connectivity index (χ3n) is 5.43. The van der Waals surface area contributed by atoms with E-state index in [4.69, 9.17) is 0 Å². The van der Waals surface area contributed by atoms with Crippen molar-refractivity contribution in [2.24, 2.45) is 23.7 Å². The van der Waals surface area contributed by atoms with Gasteiger partial charge in [0.2, 0.25) is 0 Å². The highest BCUT2D eigenvalue weighted by atomic mass is 15.2. The van der Waals surface area contributed by atoms with Crippen LogP contribution < -0.4 is 5.32 Å². The van der Waals surface area contributed by atoms with Crippen LogP contribution in [0.1, 0.15) is 39.0 Å². The van der Waals surface area contributed by atoms with Crippen molar-refractivity contribution in [3.05, 3.63) is 0 Å². The maximum atomic E-state index is 3.76. The second kappa shape index (κ2) is 5.27. The van der Waals surface area contributed by atoms with E-state index >= 15 is 0 Å². The Balaban J connectivity index is 1.29. The van der Waals surface area contributed by atoms with Crippen molar-refractivity contribution in [2.45, 2.75) is 39.0 Å². The van der Waals surface area contributed by atoms with Gasteiger partial charge in [-0.15, -0.1) is 0 Å². The first-order chi connectivity index (χ1) is 8.38. The molecular formula is C15H28N2. The molecule has 1 aliphatic heterocycles. The first-order valence-electron chi connectivity index (χ1n) is 7.81. The Morgan fingerprint density at radius 2 is 1.71 bits per heavy atom. The smallest absolute Gasteiger partial charge is 0.00161 e. The van der Waals surface area contributed by atoms with Crippen molar-refractivity contribution < 1.29 is 0 Å².